The first kappa shape index (κ1) is 10.4. The minimum atomic E-state index is 0.0548. The van der Waals surface area contributed by atoms with E-state index in [0.29, 0.717) is 0 Å². The van der Waals surface area contributed by atoms with E-state index >= 15 is 0 Å². The molecular formula is C15H10BrNO2. The molecule has 3 nitrogen and oxygen atoms in total. The van der Waals surface area contributed by atoms with Gasteiger partial charge in [-0.3, -0.25) is 4.98 Å². The fourth-order valence-electron chi connectivity index (χ4n) is 3.58. The number of ether oxygens (including phenoxy) is 2. The molecule has 0 spiro atoms. The smallest absolute Gasteiger partial charge is 0.143 e. The average Bonchev–Trinajstić information content (AvgIpc) is 3.05. The number of benzene rings is 1. The van der Waals surface area contributed by atoms with E-state index in [1.165, 1.54) is 11.1 Å². The van der Waals surface area contributed by atoms with E-state index < -0.39 is 0 Å². The zero-order chi connectivity index (χ0) is 12.6. The van der Waals surface area contributed by atoms with E-state index in [1.54, 1.807) is 0 Å². The van der Waals surface area contributed by atoms with Crippen molar-refractivity contribution < 1.29 is 9.47 Å². The molecule has 1 fully saturated rings. The molecule has 3 aliphatic heterocycles. The molecule has 1 aromatic carbocycles. The summed E-state index contributed by atoms with van der Waals surface area (Å²) < 4.78 is 13.2. The Balaban J connectivity index is 1.69. The molecule has 0 saturated carbocycles. The molecule has 0 unspecified atom stereocenters. The maximum absolute atomic E-state index is 6.12. The Bertz CT molecular complexity index is 702. The third kappa shape index (κ3) is 1.19. The summed E-state index contributed by atoms with van der Waals surface area (Å²) in [6, 6.07) is 10.4. The van der Waals surface area contributed by atoms with Crippen LogP contribution in [0.2, 0.25) is 0 Å². The van der Waals surface area contributed by atoms with Gasteiger partial charge in [-0.25, -0.2) is 0 Å². The van der Waals surface area contributed by atoms with Gasteiger partial charge in [-0.05, 0) is 33.1 Å². The Kier molecular flexibility index (Phi) is 1.85. The third-order valence-corrected chi connectivity index (χ3v) is 4.74. The lowest BCUT2D eigenvalue weighted by Crippen LogP contribution is -2.25. The predicted molar refractivity (Wildman–Crippen MR) is 72.1 cm³/mol. The molecule has 19 heavy (non-hydrogen) atoms. The number of hydrogen-bond donors (Lipinski definition) is 0. The van der Waals surface area contributed by atoms with Crippen LogP contribution in [0.3, 0.4) is 0 Å². The molecule has 0 N–H and O–H groups in total. The molecule has 1 aromatic heterocycles. The van der Waals surface area contributed by atoms with Gasteiger partial charge in [0.2, 0.25) is 0 Å². The van der Waals surface area contributed by atoms with Crippen molar-refractivity contribution in [3.63, 3.8) is 0 Å². The molecule has 0 amide bonds. The quantitative estimate of drug-likeness (QED) is 0.745. The number of halogens is 1. The van der Waals surface area contributed by atoms with Crippen molar-refractivity contribution in [2.75, 3.05) is 0 Å². The van der Waals surface area contributed by atoms with Crippen LogP contribution in [-0.4, -0.2) is 11.1 Å². The highest BCUT2D eigenvalue weighted by molar-refractivity contribution is 9.10. The fraction of sp³-hybridized carbons (Fsp3) is 0.267. The average molecular weight is 316 g/mol. The first-order chi connectivity index (χ1) is 9.33. The second-order valence-corrected chi connectivity index (χ2v) is 6.17. The molecule has 2 bridgehead atoms. The van der Waals surface area contributed by atoms with Crippen molar-refractivity contribution >= 4 is 15.9 Å². The molecule has 2 aromatic rings. The molecule has 0 radical (unpaired) electrons. The zero-order valence-corrected chi connectivity index (χ0v) is 11.5. The number of rotatable bonds is 0. The number of aromatic nitrogens is 1. The summed E-state index contributed by atoms with van der Waals surface area (Å²) in [5.74, 6) is 1.14. The van der Waals surface area contributed by atoms with Gasteiger partial charge in [-0.15, -0.1) is 0 Å². The first-order valence-corrected chi connectivity index (χ1v) is 7.18. The lowest BCUT2D eigenvalue weighted by Gasteiger charge is -2.22. The van der Waals surface area contributed by atoms with E-state index in [1.807, 2.05) is 12.3 Å². The Morgan fingerprint density at radius 2 is 1.89 bits per heavy atom. The third-order valence-electron chi connectivity index (χ3n) is 4.31. The zero-order valence-electron chi connectivity index (χ0n) is 9.92. The Labute approximate surface area is 118 Å². The standard InChI is InChI=1S/C15H10BrNO2/c16-7-5-10-12(17-6-7)11-13-8-3-1-2-4-9(8)14(19-13)15(11)18-10/h1-6,11,13-15H/t11-,13-,14+,15-/m1/s1. The van der Waals surface area contributed by atoms with Crippen LogP contribution in [0.5, 0.6) is 5.75 Å². The van der Waals surface area contributed by atoms with E-state index in [9.17, 15) is 0 Å². The Hall–Kier alpha value is -1.39. The lowest BCUT2D eigenvalue weighted by atomic mass is 9.81. The second-order valence-electron chi connectivity index (χ2n) is 5.25. The van der Waals surface area contributed by atoms with Crippen molar-refractivity contribution in [1.29, 1.82) is 0 Å². The van der Waals surface area contributed by atoms with Crippen LogP contribution in [0.15, 0.2) is 41.0 Å². The summed E-state index contributed by atoms with van der Waals surface area (Å²) in [4.78, 5) is 4.54. The van der Waals surface area contributed by atoms with Gasteiger partial charge >= 0.3 is 0 Å². The topological polar surface area (TPSA) is 31.4 Å². The van der Waals surface area contributed by atoms with Gasteiger partial charge in [0, 0.05) is 10.7 Å². The van der Waals surface area contributed by atoms with Crippen molar-refractivity contribution in [3.8, 4) is 5.75 Å². The minimum absolute atomic E-state index is 0.0548. The number of hydrogen-bond acceptors (Lipinski definition) is 3. The molecule has 4 heterocycles. The molecule has 4 heteroatoms. The lowest BCUT2D eigenvalue weighted by molar-refractivity contribution is 0.0363. The van der Waals surface area contributed by atoms with E-state index in [4.69, 9.17) is 9.47 Å². The predicted octanol–water partition coefficient (Wildman–Crippen LogP) is 3.51. The van der Waals surface area contributed by atoms with Gasteiger partial charge in [-0.1, -0.05) is 24.3 Å². The van der Waals surface area contributed by atoms with Crippen molar-refractivity contribution in [3.05, 3.63) is 57.8 Å². The van der Waals surface area contributed by atoms with Gasteiger partial charge in [0.25, 0.3) is 0 Å². The minimum Gasteiger partial charge on any atom is -0.485 e. The number of pyridine rings is 1. The van der Waals surface area contributed by atoms with Gasteiger partial charge in [0.15, 0.2) is 0 Å². The highest BCUT2D eigenvalue weighted by Gasteiger charge is 2.58. The van der Waals surface area contributed by atoms with E-state index in [-0.39, 0.29) is 24.2 Å². The van der Waals surface area contributed by atoms with Crippen LogP contribution >= 0.6 is 15.9 Å². The van der Waals surface area contributed by atoms with Crippen LogP contribution in [-0.2, 0) is 4.74 Å². The first-order valence-electron chi connectivity index (χ1n) is 6.39. The SMILES string of the molecule is Brc1cnc2c(c1)O[C@@H]1[C@H]2[C@@H]2O[C@H]1c1ccccc12. The monoisotopic (exact) mass is 315 g/mol. The van der Waals surface area contributed by atoms with Crippen LogP contribution < -0.4 is 4.74 Å². The van der Waals surface area contributed by atoms with Crippen LogP contribution in [0, 0.1) is 0 Å². The van der Waals surface area contributed by atoms with Crippen LogP contribution in [0.1, 0.15) is 34.9 Å². The summed E-state index contributed by atoms with van der Waals surface area (Å²) >= 11 is 3.45. The molecule has 5 rings (SSSR count). The largest absolute Gasteiger partial charge is 0.485 e. The number of nitrogens with zero attached hydrogens (tertiary/aromatic N) is 1. The van der Waals surface area contributed by atoms with Gasteiger partial charge in [0.1, 0.15) is 18.0 Å². The van der Waals surface area contributed by atoms with Crippen molar-refractivity contribution in [2.45, 2.75) is 24.2 Å². The van der Waals surface area contributed by atoms with Crippen molar-refractivity contribution in [1.82, 2.24) is 4.98 Å². The second kappa shape index (κ2) is 3.38. The molecule has 3 aliphatic rings. The summed E-state index contributed by atoms with van der Waals surface area (Å²) in [6.45, 7) is 0. The van der Waals surface area contributed by atoms with Crippen LogP contribution in [0.25, 0.3) is 0 Å². The van der Waals surface area contributed by atoms with Crippen LogP contribution in [0.4, 0.5) is 0 Å². The summed E-state index contributed by atoms with van der Waals surface area (Å²) in [7, 11) is 0. The Morgan fingerprint density at radius 1 is 1.11 bits per heavy atom. The fourth-order valence-corrected chi connectivity index (χ4v) is 3.89. The summed E-state index contributed by atoms with van der Waals surface area (Å²) in [5, 5.41) is 0. The summed E-state index contributed by atoms with van der Waals surface area (Å²) in [6.07, 6.45) is 2.07. The maximum Gasteiger partial charge on any atom is 0.143 e. The molecule has 94 valence electrons. The highest BCUT2D eigenvalue weighted by atomic mass is 79.9. The van der Waals surface area contributed by atoms with E-state index in [2.05, 4.69) is 45.2 Å². The Morgan fingerprint density at radius 3 is 2.74 bits per heavy atom. The summed E-state index contributed by atoms with van der Waals surface area (Å²) in [5.41, 5.74) is 3.62. The van der Waals surface area contributed by atoms with Gasteiger partial charge in [-0.2, -0.15) is 0 Å². The molecular weight excluding hydrogens is 306 g/mol. The maximum atomic E-state index is 6.12. The van der Waals surface area contributed by atoms with Gasteiger partial charge < -0.3 is 9.47 Å². The molecule has 1 saturated heterocycles. The van der Waals surface area contributed by atoms with Gasteiger partial charge in [0.05, 0.1) is 17.7 Å². The molecule has 0 aliphatic carbocycles. The highest BCUT2D eigenvalue weighted by Crippen LogP contribution is 2.62. The normalized spacial score (nSPS) is 32.7. The number of fused-ring (bicyclic) bond motifs is 10. The van der Waals surface area contributed by atoms with E-state index in [0.717, 1.165) is 15.9 Å². The van der Waals surface area contributed by atoms with Crippen molar-refractivity contribution in [2.24, 2.45) is 0 Å². The molecule has 4 atom stereocenters.